The van der Waals surface area contributed by atoms with E-state index in [2.05, 4.69) is 35.5 Å². The molecule has 0 amide bonds. The van der Waals surface area contributed by atoms with E-state index in [4.69, 9.17) is 9.47 Å². The molecule has 2 rings (SSSR count). The topological polar surface area (TPSA) is 54.9 Å². The molecular weight excluding hydrogens is 290 g/mol. The van der Waals surface area contributed by atoms with E-state index in [1.807, 2.05) is 25.1 Å². The lowest BCUT2D eigenvalue weighted by Crippen LogP contribution is -2.47. The van der Waals surface area contributed by atoms with Crippen molar-refractivity contribution >= 4 is 5.96 Å². The fourth-order valence-corrected chi connectivity index (χ4v) is 2.66. The fraction of sp³-hybridized carbons (Fsp3) is 0.611. The summed E-state index contributed by atoms with van der Waals surface area (Å²) in [6.45, 7) is 8.55. The van der Waals surface area contributed by atoms with E-state index in [1.165, 1.54) is 0 Å². The summed E-state index contributed by atoms with van der Waals surface area (Å²) in [5.74, 6) is 1.71. The number of guanidine groups is 1. The fourth-order valence-electron chi connectivity index (χ4n) is 2.66. The van der Waals surface area contributed by atoms with Crippen LogP contribution in [0, 0.1) is 6.92 Å². The molecule has 1 saturated heterocycles. The Bertz CT molecular complexity index is 525. The van der Waals surface area contributed by atoms with E-state index >= 15 is 0 Å². The lowest BCUT2D eigenvalue weighted by Gasteiger charge is -2.25. The highest BCUT2D eigenvalue weighted by Gasteiger charge is 2.29. The number of hydrogen-bond acceptors (Lipinski definition) is 3. The summed E-state index contributed by atoms with van der Waals surface area (Å²) in [6.07, 6.45) is 2.27. The molecule has 2 atom stereocenters. The molecule has 1 aromatic carbocycles. The van der Waals surface area contributed by atoms with Crippen LogP contribution in [0.25, 0.3) is 0 Å². The SMILES string of the molecule is CN=C(NCC(C)Oc1ccccc1C)NCC1(C)CCCO1. The summed E-state index contributed by atoms with van der Waals surface area (Å²) >= 11 is 0. The maximum absolute atomic E-state index is 5.97. The largest absolute Gasteiger partial charge is 0.489 e. The summed E-state index contributed by atoms with van der Waals surface area (Å²) in [5, 5.41) is 6.65. The zero-order valence-electron chi connectivity index (χ0n) is 14.7. The van der Waals surface area contributed by atoms with Gasteiger partial charge in [-0.15, -0.1) is 0 Å². The molecule has 0 saturated carbocycles. The van der Waals surface area contributed by atoms with Gasteiger partial charge in [0.1, 0.15) is 11.9 Å². The van der Waals surface area contributed by atoms with Crippen LogP contribution in [0.3, 0.4) is 0 Å². The zero-order chi connectivity index (χ0) is 16.7. The van der Waals surface area contributed by atoms with Gasteiger partial charge in [0.25, 0.3) is 0 Å². The number of hydrogen-bond donors (Lipinski definition) is 2. The van der Waals surface area contributed by atoms with Gasteiger partial charge in [0.05, 0.1) is 12.1 Å². The van der Waals surface area contributed by atoms with Gasteiger partial charge < -0.3 is 20.1 Å². The minimum atomic E-state index is -0.0825. The van der Waals surface area contributed by atoms with Gasteiger partial charge in [-0.05, 0) is 45.2 Å². The molecule has 1 fully saturated rings. The summed E-state index contributed by atoms with van der Waals surface area (Å²) in [4.78, 5) is 4.26. The van der Waals surface area contributed by atoms with Gasteiger partial charge >= 0.3 is 0 Å². The van der Waals surface area contributed by atoms with Crippen molar-refractivity contribution in [1.29, 1.82) is 0 Å². The summed E-state index contributed by atoms with van der Waals surface area (Å²) in [7, 11) is 1.78. The van der Waals surface area contributed by atoms with Crippen LogP contribution in [0.5, 0.6) is 5.75 Å². The molecule has 0 radical (unpaired) electrons. The highest BCUT2D eigenvalue weighted by atomic mass is 16.5. The third-order valence-corrected chi connectivity index (χ3v) is 4.13. The Morgan fingerprint density at radius 2 is 2.17 bits per heavy atom. The molecule has 0 spiro atoms. The molecular formula is C18H29N3O2. The highest BCUT2D eigenvalue weighted by molar-refractivity contribution is 5.79. The third kappa shape index (κ3) is 5.43. The minimum Gasteiger partial charge on any atom is -0.489 e. The first-order chi connectivity index (χ1) is 11.0. The molecule has 128 valence electrons. The van der Waals surface area contributed by atoms with Crippen molar-refractivity contribution in [3.05, 3.63) is 29.8 Å². The molecule has 1 heterocycles. The predicted molar refractivity (Wildman–Crippen MR) is 94.2 cm³/mol. The first-order valence-corrected chi connectivity index (χ1v) is 8.33. The molecule has 0 aromatic heterocycles. The maximum Gasteiger partial charge on any atom is 0.191 e. The Kier molecular flexibility index (Phi) is 6.28. The molecule has 23 heavy (non-hydrogen) atoms. The van der Waals surface area contributed by atoms with Crippen LogP contribution >= 0.6 is 0 Å². The Morgan fingerprint density at radius 1 is 1.39 bits per heavy atom. The van der Waals surface area contributed by atoms with Crippen molar-refractivity contribution in [2.45, 2.75) is 45.3 Å². The molecule has 0 aliphatic carbocycles. The number of nitrogens with zero attached hydrogens (tertiary/aromatic N) is 1. The summed E-state index contributed by atoms with van der Waals surface area (Å²) < 4.78 is 11.8. The number of benzene rings is 1. The highest BCUT2D eigenvalue weighted by Crippen LogP contribution is 2.23. The monoisotopic (exact) mass is 319 g/mol. The smallest absolute Gasteiger partial charge is 0.191 e. The van der Waals surface area contributed by atoms with E-state index in [1.54, 1.807) is 7.05 Å². The number of para-hydroxylation sites is 1. The van der Waals surface area contributed by atoms with Gasteiger partial charge in [-0.3, -0.25) is 4.99 Å². The van der Waals surface area contributed by atoms with Crippen molar-refractivity contribution in [3.63, 3.8) is 0 Å². The van der Waals surface area contributed by atoms with E-state index < -0.39 is 0 Å². The molecule has 1 aliphatic heterocycles. The third-order valence-electron chi connectivity index (χ3n) is 4.13. The van der Waals surface area contributed by atoms with Crippen LogP contribution in [0.2, 0.25) is 0 Å². The van der Waals surface area contributed by atoms with Crippen molar-refractivity contribution < 1.29 is 9.47 Å². The van der Waals surface area contributed by atoms with Crippen molar-refractivity contribution in [3.8, 4) is 5.75 Å². The van der Waals surface area contributed by atoms with Crippen LogP contribution in [0.1, 0.15) is 32.3 Å². The van der Waals surface area contributed by atoms with E-state index in [-0.39, 0.29) is 11.7 Å². The Labute approximate surface area is 139 Å². The Balaban J connectivity index is 1.75. The molecule has 0 bridgehead atoms. The Hall–Kier alpha value is -1.75. The van der Waals surface area contributed by atoms with Gasteiger partial charge in [-0.2, -0.15) is 0 Å². The first-order valence-electron chi connectivity index (χ1n) is 8.33. The number of aryl methyl sites for hydroxylation is 1. The van der Waals surface area contributed by atoms with E-state index in [0.29, 0.717) is 6.54 Å². The first kappa shape index (κ1) is 17.6. The van der Waals surface area contributed by atoms with Crippen LogP contribution in [0.4, 0.5) is 0 Å². The Morgan fingerprint density at radius 3 is 2.83 bits per heavy atom. The molecule has 1 aromatic rings. The molecule has 2 unspecified atom stereocenters. The van der Waals surface area contributed by atoms with E-state index in [9.17, 15) is 0 Å². The molecule has 2 N–H and O–H groups in total. The van der Waals surface area contributed by atoms with Crippen molar-refractivity contribution in [2.75, 3.05) is 26.7 Å². The number of aliphatic imine (C=N–C) groups is 1. The van der Waals surface area contributed by atoms with Gasteiger partial charge in [0.15, 0.2) is 5.96 Å². The molecule has 5 nitrogen and oxygen atoms in total. The van der Waals surface area contributed by atoms with Gasteiger partial charge in [-0.1, -0.05) is 18.2 Å². The summed E-state index contributed by atoms with van der Waals surface area (Å²) in [5.41, 5.74) is 1.06. The van der Waals surface area contributed by atoms with Crippen LogP contribution in [-0.2, 0) is 4.74 Å². The average Bonchev–Trinajstić information content (AvgIpc) is 2.97. The molecule has 5 heteroatoms. The standard InChI is InChI=1S/C18H29N3O2/c1-14-8-5-6-9-16(14)23-15(2)12-20-17(19-4)21-13-18(3)10-7-11-22-18/h5-6,8-9,15H,7,10-13H2,1-4H3,(H2,19,20,21). The number of nitrogens with one attached hydrogen (secondary N) is 2. The van der Waals surface area contributed by atoms with Crippen LogP contribution < -0.4 is 15.4 Å². The quantitative estimate of drug-likeness (QED) is 0.625. The second-order valence-corrected chi connectivity index (χ2v) is 6.40. The minimum absolute atomic E-state index is 0.0490. The lowest BCUT2D eigenvalue weighted by molar-refractivity contribution is 0.0242. The van der Waals surface area contributed by atoms with Crippen LogP contribution in [0.15, 0.2) is 29.3 Å². The summed E-state index contributed by atoms with van der Waals surface area (Å²) in [6, 6.07) is 8.06. The normalized spacial score (nSPS) is 22.7. The van der Waals surface area contributed by atoms with Gasteiger partial charge in [0.2, 0.25) is 0 Å². The maximum atomic E-state index is 5.97. The number of rotatable bonds is 6. The zero-order valence-corrected chi connectivity index (χ0v) is 14.7. The second kappa shape index (κ2) is 8.20. The number of ether oxygens (including phenoxy) is 2. The van der Waals surface area contributed by atoms with E-state index in [0.717, 1.165) is 43.3 Å². The van der Waals surface area contributed by atoms with Crippen molar-refractivity contribution in [2.24, 2.45) is 4.99 Å². The van der Waals surface area contributed by atoms with Gasteiger partial charge in [-0.25, -0.2) is 0 Å². The second-order valence-electron chi connectivity index (χ2n) is 6.40. The van der Waals surface area contributed by atoms with Crippen molar-refractivity contribution in [1.82, 2.24) is 10.6 Å². The predicted octanol–water partition coefficient (Wildman–Crippen LogP) is 2.50. The van der Waals surface area contributed by atoms with Gasteiger partial charge in [0, 0.05) is 20.2 Å². The average molecular weight is 319 g/mol. The lowest BCUT2D eigenvalue weighted by atomic mass is 10.0. The van der Waals surface area contributed by atoms with Crippen LogP contribution in [-0.4, -0.2) is 44.4 Å². The molecule has 1 aliphatic rings.